The molecule has 1 aliphatic carbocycles. The summed E-state index contributed by atoms with van der Waals surface area (Å²) in [4.78, 5) is 53.6. The smallest absolute Gasteiger partial charge is 0.289 e. The Balaban J connectivity index is 1.72. The van der Waals surface area contributed by atoms with Crippen LogP contribution in [0, 0.1) is 11.8 Å². The van der Waals surface area contributed by atoms with Crippen LogP contribution >= 0.6 is 0 Å². The fourth-order valence-electron chi connectivity index (χ4n) is 5.53. The molecule has 3 amide bonds. The number of benzene rings is 1. The first-order valence-electron chi connectivity index (χ1n) is 13.5. The molecule has 0 bridgehead atoms. The van der Waals surface area contributed by atoms with E-state index in [0.29, 0.717) is 38.1 Å². The van der Waals surface area contributed by atoms with Crippen LogP contribution < -0.4 is 10.6 Å². The second kappa shape index (κ2) is 14.0. The maximum Gasteiger partial charge on any atom is 0.289 e. The van der Waals surface area contributed by atoms with Gasteiger partial charge in [-0.3, -0.25) is 19.2 Å². The summed E-state index contributed by atoms with van der Waals surface area (Å²) in [5.41, 5.74) is 1.18. The molecule has 1 aromatic carbocycles. The lowest BCUT2D eigenvalue weighted by molar-refractivity contribution is -0.142. The molecule has 1 saturated carbocycles. The van der Waals surface area contributed by atoms with Crippen molar-refractivity contribution in [3.63, 3.8) is 0 Å². The van der Waals surface area contributed by atoms with Crippen molar-refractivity contribution in [2.75, 3.05) is 13.1 Å². The van der Waals surface area contributed by atoms with Gasteiger partial charge in [-0.25, -0.2) is 0 Å². The van der Waals surface area contributed by atoms with Gasteiger partial charge in [0.05, 0.1) is 6.04 Å². The van der Waals surface area contributed by atoms with Gasteiger partial charge in [0.1, 0.15) is 6.04 Å². The van der Waals surface area contributed by atoms with E-state index in [1.807, 2.05) is 25.1 Å². The zero-order valence-corrected chi connectivity index (χ0v) is 21.5. The third-order valence-corrected chi connectivity index (χ3v) is 7.41. The molecule has 1 heterocycles. The number of carbonyl (C=O) groups is 4. The number of hydrogen-bond acceptors (Lipinski definition) is 4. The van der Waals surface area contributed by atoms with Crippen molar-refractivity contribution in [3.8, 4) is 0 Å². The summed E-state index contributed by atoms with van der Waals surface area (Å²) < 4.78 is 0. The van der Waals surface area contributed by atoms with Gasteiger partial charge in [0.25, 0.3) is 5.91 Å². The van der Waals surface area contributed by atoms with E-state index in [-0.39, 0.29) is 24.3 Å². The summed E-state index contributed by atoms with van der Waals surface area (Å²) in [6, 6.07) is 8.58. The van der Waals surface area contributed by atoms with Crippen LogP contribution in [-0.4, -0.2) is 53.6 Å². The molecule has 0 spiro atoms. The summed E-state index contributed by atoms with van der Waals surface area (Å²) in [6.45, 7) is 6.16. The monoisotopic (exact) mass is 495 g/mol. The maximum absolute atomic E-state index is 13.5. The highest BCUT2D eigenvalue weighted by molar-refractivity contribution is 6.38. The molecule has 2 fully saturated rings. The molecule has 3 atom stereocenters. The van der Waals surface area contributed by atoms with Crippen molar-refractivity contribution in [1.82, 2.24) is 15.5 Å². The molecular formula is C29H41N3O4. The Morgan fingerprint density at radius 1 is 1.08 bits per heavy atom. The number of ketones is 1. The number of Topliss-reactive ketones (excluding diaryl/α,β-unsaturated/α-hetero) is 1. The molecule has 2 aliphatic rings. The molecule has 36 heavy (non-hydrogen) atoms. The van der Waals surface area contributed by atoms with E-state index in [2.05, 4.69) is 29.3 Å². The van der Waals surface area contributed by atoms with Crippen molar-refractivity contribution in [3.05, 3.63) is 48.6 Å². The van der Waals surface area contributed by atoms with Gasteiger partial charge >= 0.3 is 0 Å². The molecule has 0 radical (unpaired) electrons. The van der Waals surface area contributed by atoms with E-state index < -0.39 is 23.8 Å². The molecular weight excluding hydrogens is 454 g/mol. The highest BCUT2D eigenvalue weighted by Gasteiger charge is 2.41. The highest BCUT2D eigenvalue weighted by atomic mass is 16.2. The number of nitrogens with one attached hydrogen (secondary N) is 2. The Bertz CT molecular complexity index is 910. The minimum absolute atomic E-state index is 0.0275. The van der Waals surface area contributed by atoms with E-state index in [1.165, 1.54) is 18.1 Å². The second-order valence-corrected chi connectivity index (χ2v) is 10.3. The molecule has 1 saturated heterocycles. The van der Waals surface area contributed by atoms with Crippen molar-refractivity contribution < 1.29 is 19.2 Å². The van der Waals surface area contributed by atoms with Gasteiger partial charge in [0, 0.05) is 19.5 Å². The van der Waals surface area contributed by atoms with Crippen LogP contribution in [0.3, 0.4) is 0 Å². The van der Waals surface area contributed by atoms with Gasteiger partial charge in [-0.05, 0) is 49.5 Å². The molecule has 7 heteroatoms. The summed E-state index contributed by atoms with van der Waals surface area (Å²) in [7, 11) is 0. The number of carbonyl (C=O) groups excluding carboxylic acids is 4. The van der Waals surface area contributed by atoms with Crippen LogP contribution in [0.5, 0.6) is 0 Å². The molecule has 1 unspecified atom stereocenters. The topological polar surface area (TPSA) is 95.6 Å². The maximum atomic E-state index is 13.5. The van der Waals surface area contributed by atoms with E-state index >= 15 is 0 Å². The predicted octanol–water partition coefficient (Wildman–Crippen LogP) is 3.57. The van der Waals surface area contributed by atoms with Crippen LogP contribution in [0.25, 0.3) is 0 Å². The average molecular weight is 496 g/mol. The molecule has 1 aromatic rings. The number of amides is 3. The zero-order valence-electron chi connectivity index (χ0n) is 21.5. The SMILES string of the molecule is C=CCNC(=O)C(=O)C(CCC)NC(=O)[C@@H]1C[C@@H](Cc2ccccc2)CN1C(=O)CC1CCCCC1. The van der Waals surface area contributed by atoms with Crippen LogP contribution in [0.15, 0.2) is 43.0 Å². The van der Waals surface area contributed by atoms with Gasteiger partial charge in [0.2, 0.25) is 17.6 Å². The zero-order chi connectivity index (χ0) is 25.9. The molecule has 2 N–H and O–H groups in total. The normalized spacial score (nSPS) is 21.0. The van der Waals surface area contributed by atoms with Crippen LogP contribution in [-0.2, 0) is 25.6 Å². The molecule has 0 aromatic heterocycles. The molecule has 3 rings (SSSR count). The first kappa shape index (κ1) is 27.6. The lowest BCUT2D eigenvalue weighted by Gasteiger charge is -2.28. The van der Waals surface area contributed by atoms with E-state index in [1.54, 1.807) is 4.90 Å². The van der Waals surface area contributed by atoms with Crippen molar-refractivity contribution in [2.45, 2.75) is 83.2 Å². The van der Waals surface area contributed by atoms with E-state index in [9.17, 15) is 19.2 Å². The van der Waals surface area contributed by atoms with Crippen LogP contribution in [0.2, 0.25) is 0 Å². The minimum atomic E-state index is -0.907. The van der Waals surface area contributed by atoms with Crippen molar-refractivity contribution >= 4 is 23.5 Å². The van der Waals surface area contributed by atoms with Gasteiger partial charge in [-0.2, -0.15) is 0 Å². The standard InChI is InChI=1S/C29H41N3O4/c1-3-11-24(27(34)29(36)30-16-4-2)31-28(35)25-18-23(17-21-12-7-5-8-13-21)20-32(25)26(33)19-22-14-9-6-10-15-22/h4-5,7-8,12-13,22-25H,2-3,6,9-11,14-20H2,1H3,(H,30,36)(H,31,35)/t23-,24?,25+/m1/s1. The fraction of sp³-hybridized carbons (Fsp3) is 0.586. The Morgan fingerprint density at radius 3 is 2.47 bits per heavy atom. The highest BCUT2D eigenvalue weighted by Crippen LogP contribution is 2.31. The van der Waals surface area contributed by atoms with Crippen LogP contribution in [0.1, 0.15) is 70.3 Å². The predicted molar refractivity (Wildman–Crippen MR) is 140 cm³/mol. The Kier molecular flexibility index (Phi) is 10.7. The lowest BCUT2D eigenvalue weighted by Crippen LogP contribution is -2.53. The van der Waals surface area contributed by atoms with Crippen molar-refractivity contribution in [1.29, 1.82) is 0 Å². The third-order valence-electron chi connectivity index (χ3n) is 7.41. The summed E-state index contributed by atoms with van der Waals surface area (Å²) in [5.74, 6) is -1.16. The van der Waals surface area contributed by atoms with E-state index in [4.69, 9.17) is 0 Å². The summed E-state index contributed by atoms with van der Waals surface area (Å²) in [6.07, 6.45) is 9.99. The average Bonchev–Trinajstić information content (AvgIpc) is 3.32. The summed E-state index contributed by atoms with van der Waals surface area (Å²) >= 11 is 0. The quantitative estimate of drug-likeness (QED) is 0.342. The van der Waals surface area contributed by atoms with Gasteiger partial charge in [-0.1, -0.05) is 69.0 Å². The van der Waals surface area contributed by atoms with Gasteiger partial charge in [0.15, 0.2) is 0 Å². The molecule has 1 aliphatic heterocycles. The third kappa shape index (κ3) is 7.77. The Morgan fingerprint density at radius 2 is 1.81 bits per heavy atom. The largest absolute Gasteiger partial charge is 0.346 e. The Hall–Kier alpha value is -2.96. The number of nitrogens with zero attached hydrogens (tertiary/aromatic N) is 1. The number of rotatable bonds is 12. The lowest BCUT2D eigenvalue weighted by atomic mass is 9.86. The fourth-order valence-corrected chi connectivity index (χ4v) is 5.53. The molecule has 196 valence electrons. The molecule has 7 nitrogen and oxygen atoms in total. The van der Waals surface area contributed by atoms with Gasteiger partial charge in [-0.15, -0.1) is 6.58 Å². The first-order chi connectivity index (χ1) is 17.4. The minimum Gasteiger partial charge on any atom is -0.346 e. The van der Waals surface area contributed by atoms with E-state index in [0.717, 1.165) is 32.1 Å². The first-order valence-corrected chi connectivity index (χ1v) is 13.5. The number of hydrogen-bond donors (Lipinski definition) is 2. The second-order valence-electron chi connectivity index (χ2n) is 10.3. The van der Waals surface area contributed by atoms with Crippen molar-refractivity contribution in [2.24, 2.45) is 11.8 Å². The number of likely N-dealkylation sites (tertiary alicyclic amines) is 1. The van der Waals surface area contributed by atoms with Gasteiger partial charge < -0.3 is 15.5 Å². The Labute approximate surface area is 215 Å². The summed E-state index contributed by atoms with van der Waals surface area (Å²) in [5, 5.41) is 5.32. The van der Waals surface area contributed by atoms with Crippen LogP contribution in [0.4, 0.5) is 0 Å².